The van der Waals surface area contributed by atoms with Crippen LogP contribution in [0.15, 0.2) is 18.2 Å². The maximum atomic E-state index is 13.6. The largest absolute Gasteiger partial charge is 0.391 e. The summed E-state index contributed by atoms with van der Waals surface area (Å²) in [5.74, 6) is -0.369. The third-order valence-corrected chi connectivity index (χ3v) is 3.78. The van der Waals surface area contributed by atoms with Gasteiger partial charge in [-0.3, -0.25) is 0 Å². The van der Waals surface area contributed by atoms with Crippen LogP contribution in [0.5, 0.6) is 0 Å². The van der Waals surface area contributed by atoms with Crippen LogP contribution in [-0.4, -0.2) is 35.7 Å². The van der Waals surface area contributed by atoms with Crippen LogP contribution >= 0.6 is 11.6 Å². The molecule has 17 heavy (non-hydrogen) atoms. The van der Waals surface area contributed by atoms with Gasteiger partial charge in [-0.25, -0.2) is 4.39 Å². The standard InChI is InChI=1S/C13H19ClFNO/c1-13(2,16(3)4)12(17)8-9-10(14)6-5-7-11(9)15/h5-7,12,17H,8H2,1-4H3. The van der Waals surface area contributed by atoms with Crippen LogP contribution in [0.25, 0.3) is 0 Å². The van der Waals surface area contributed by atoms with Gasteiger partial charge in [-0.2, -0.15) is 0 Å². The van der Waals surface area contributed by atoms with Gasteiger partial charge in [0.1, 0.15) is 5.82 Å². The number of nitrogens with zero attached hydrogens (tertiary/aromatic N) is 1. The number of benzene rings is 1. The second kappa shape index (κ2) is 5.34. The first-order chi connectivity index (χ1) is 7.76. The van der Waals surface area contributed by atoms with E-state index in [1.165, 1.54) is 6.07 Å². The molecule has 96 valence electrons. The summed E-state index contributed by atoms with van der Waals surface area (Å²) in [6.07, 6.45) is -0.483. The second-order valence-electron chi connectivity index (χ2n) is 4.97. The molecule has 1 atom stereocenters. The van der Waals surface area contributed by atoms with Gasteiger partial charge in [0.2, 0.25) is 0 Å². The molecule has 1 aromatic rings. The Morgan fingerprint density at radius 3 is 2.47 bits per heavy atom. The van der Waals surface area contributed by atoms with Gasteiger partial charge in [-0.05, 0) is 40.1 Å². The zero-order valence-corrected chi connectivity index (χ0v) is 11.4. The van der Waals surface area contributed by atoms with Crippen molar-refractivity contribution < 1.29 is 9.50 Å². The Labute approximate surface area is 107 Å². The molecule has 0 spiro atoms. The zero-order chi connectivity index (χ0) is 13.2. The van der Waals surface area contributed by atoms with Crippen LogP contribution in [0, 0.1) is 5.82 Å². The number of halogens is 2. The minimum absolute atomic E-state index is 0.205. The van der Waals surface area contributed by atoms with Crippen LogP contribution in [-0.2, 0) is 6.42 Å². The first-order valence-corrected chi connectivity index (χ1v) is 5.93. The summed E-state index contributed by atoms with van der Waals surface area (Å²) in [6, 6.07) is 4.55. The molecule has 0 bridgehead atoms. The smallest absolute Gasteiger partial charge is 0.127 e. The number of aliphatic hydroxyl groups excluding tert-OH is 1. The highest BCUT2D eigenvalue weighted by Crippen LogP contribution is 2.25. The lowest BCUT2D eigenvalue weighted by Gasteiger charge is -2.37. The molecule has 4 heteroatoms. The third kappa shape index (κ3) is 3.18. The highest BCUT2D eigenvalue weighted by molar-refractivity contribution is 6.31. The van der Waals surface area contributed by atoms with Gasteiger partial charge in [0.05, 0.1) is 6.10 Å². The maximum absolute atomic E-state index is 13.6. The molecule has 0 saturated heterocycles. The highest BCUT2D eigenvalue weighted by atomic mass is 35.5. The third-order valence-electron chi connectivity index (χ3n) is 3.43. The van der Waals surface area contributed by atoms with Gasteiger partial charge in [0.25, 0.3) is 0 Å². The van der Waals surface area contributed by atoms with Gasteiger partial charge in [0, 0.05) is 22.5 Å². The van der Waals surface area contributed by atoms with Gasteiger partial charge in [-0.1, -0.05) is 17.7 Å². The molecule has 1 N–H and O–H groups in total. The topological polar surface area (TPSA) is 23.5 Å². The first kappa shape index (κ1) is 14.4. The van der Waals surface area contributed by atoms with Crippen LogP contribution in [0.3, 0.4) is 0 Å². The van der Waals surface area contributed by atoms with E-state index in [2.05, 4.69) is 0 Å². The molecule has 2 nitrogen and oxygen atoms in total. The van der Waals surface area contributed by atoms with Crippen molar-refractivity contribution in [3.63, 3.8) is 0 Å². The minimum Gasteiger partial charge on any atom is -0.391 e. The molecule has 1 unspecified atom stereocenters. The summed E-state index contributed by atoms with van der Waals surface area (Å²) in [7, 11) is 3.76. The molecule has 0 fully saturated rings. The Morgan fingerprint density at radius 1 is 1.41 bits per heavy atom. The van der Waals surface area contributed by atoms with Gasteiger partial charge < -0.3 is 10.0 Å². The molecule has 1 rings (SSSR count). The lowest BCUT2D eigenvalue weighted by atomic mass is 9.90. The number of likely N-dealkylation sites (N-methyl/N-ethyl adjacent to an activating group) is 1. The molecule has 0 heterocycles. The Bertz CT molecular complexity index is 373. The lowest BCUT2D eigenvalue weighted by molar-refractivity contribution is 0.0178. The van der Waals surface area contributed by atoms with E-state index >= 15 is 0 Å². The molecule has 1 aromatic carbocycles. The average molecular weight is 260 g/mol. The summed E-state index contributed by atoms with van der Waals surface area (Å²) in [4.78, 5) is 1.91. The summed E-state index contributed by atoms with van der Waals surface area (Å²) >= 11 is 5.94. The van der Waals surface area contributed by atoms with E-state index in [9.17, 15) is 9.50 Å². The predicted octanol–water partition coefficient (Wildman–Crippen LogP) is 2.72. The van der Waals surface area contributed by atoms with Crippen LogP contribution in [0.1, 0.15) is 19.4 Å². The molecular formula is C13H19ClFNO. The normalized spacial score (nSPS) is 14.1. The van der Waals surface area contributed by atoms with Crippen molar-refractivity contribution in [2.75, 3.05) is 14.1 Å². The molecule has 0 aliphatic carbocycles. The number of aliphatic hydroxyl groups is 1. The SMILES string of the molecule is CN(C)C(C)(C)C(O)Cc1c(F)cccc1Cl. The van der Waals surface area contributed by atoms with Crippen molar-refractivity contribution in [2.24, 2.45) is 0 Å². The van der Waals surface area contributed by atoms with Crippen LogP contribution in [0.4, 0.5) is 4.39 Å². The monoisotopic (exact) mass is 259 g/mol. The Hall–Kier alpha value is -0.640. The van der Waals surface area contributed by atoms with Crippen molar-refractivity contribution in [1.29, 1.82) is 0 Å². The van der Waals surface area contributed by atoms with E-state index in [1.54, 1.807) is 12.1 Å². The number of hydrogen-bond donors (Lipinski definition) is 1. The van der Waals surface area contributed by atoms with E-state index in [0.717, 1.165) is 0 Å². The number of hydrogen-bond acceptors (Lipinski definition) is 2. The summed E-state index contributed by atoms with van der Waals surface area (Å²) in [5, 5.41) is 10.5. The molecule has 0 aliphatic rings. The lowest BCUT2D eigenvalue weighted by Crippen LogP contribution is -2.49. The van der Waals surface area contributed by atoms with E-state index in [-0.39, 0.29) is 12.2 Å². The van der Waals surface area contributed by atoms with Crippen molar-refractivity contribution in [3.8, 4) is 0 Å². The van der Waals surface area contributed by atoms with Crippen LogP contribution < -0.4 is 0 Å². The Balaban J connectivity index is 2.92. The predicted molar refractivity (Wildman–Crippen MR) is 68.9 cm³/mol. The van der Waals surface area contributed by atoms with Gasteiger partial charge >= 0.3 is 0 Å². The second-order valence-corrected chi connectivity index (χ2v) is 5.38. The van der Waals surface area contributed by atoms with Gasteiger partial charge in [0.15, 0.2) is 0 Å². The molecule has 0 aliphatic heterocycles. The summed E-state index contributed by atoms with van der Waals surface area (Å²) < 4.78 is 13.6. The average Bonchev–Trinajstić information content (AvgIpc) is 2.23. The fourth-order valence-corrected chi connectivity index (χ4v) is 1.71. The van der Waals surface area contributed by atoms with E-state index in [4.69, 9.17) is 11.6 Å². The molecule has 0 radical (unpaired) electrons. The molecule has 0 saturated carbocycles. The minimum atomic E-state index is -0.688. The fraction of sp³-hybridized carbons (Fsp3) is 0.538. The zero-order valence-electron chi connectivity index (χ0n) is 10.7. The van der Waals surface area contributed by atoms with E-state index < -0.39 is 11.6 Å². The summed E-state index contributed by atoms with van der Waals surface area (Å²) in [6.45, 7) is 3.82. The Morgan fingerprint density at radius 2 is 2.00 bits per heavy atom. The van der Waals surface area contributed by atoms with Crippen molar-refractivity contribution in [2.45, 2.75) is 31.9 Å². The first-order valence-electron chi connectivity index (χ1n) is 5.55. The van der Waals surface area contributed by atoms with Crippen molar-refractivity contribution in [1.82, 2.24) is 4.90 Å². The quantitative estimate of drug-likeness (QED) is 0.899. The van der Waals surface area contributed by atoms with Crippen LogP contribution in [0.2, 0.25) is 5.02 Å². The molecule has 0 aromatic heterocycles. The molecular weight excluding hydrogens is 241 g/mol. The van der Waals surface area contributed by atoms with E-state index in [0.29, 0.717) is 10.6 Å². The van der Waals surface area contributed by atoms with Gasteiger partial charge in [-0.15, -0.1) is 0 Å². The summed E-state index contributed by atoms with van der Waals surface area (Å²) in [5.41, 5.74) is -0.0670. The van der Waals surface area contributed by atoms with Crippen molar-refractivity contribution >= 4 is 11.6 Å². The highest BCUT2D eigenvalue weighted by Gasteiger charge is 2.31. The number of rotatable bonds is 4. The fourth-order valence-electron chi connectivity index (χ4n) is 1.47. The van der Waals surface area contributed by atoms with Crippen molar-refractivity contribution in [3.05, 3.63) is 34.6 Å². The Kier molecular flexibility index (Phi) is 4.53. The van der Waals surface area contributed by atoms with E-state index in [1.807, 2.05) is 32.8 Å². The molecule has 0 amide bonds. The maximum Gasteiger partial charge on any atom is 0.127 e.